The summed E-state index contributed by atoms with van der Waals surface area (Å²) in [5.74, 6) is 0.102. The molecule has 0 saturated carbocycles. The minimum atomic E-state index is -0.392. The van der Waals surface area contributed by atoms with E-state index >= 15 is 0 Å². The second kappa shape index (κ2) is 5.23. The lowest BCUT2D eigenvalue weighted by Gasteiger charge is -2.09. The topological polar surface area (TPSA) is 37.8 Å². The number of aromatic nitrogens is 2. The zero-order valence-electron chi connectivity index (χ0n) is 10.1. The molecule has 0 radical (unpaired) electrons. The molecule has 0 saturated heterocycles. The van der Waals surface area contributed by atoms with Gasteiger partial charge in [0.2, 0.25) is 0 Å². The minimum absolute atomic E-state index is 0.262. The summed E-state index contributed by atoms with van der Waals surface area (Å²) in [5.41, 5.74) is 0.935. The number of rotatable bonds is 2. The molecule has 0 aliphatic heterocycles. The van der Waals surface area contributed by atoms with E-state index in [2.05, 4.69) is 15.3 Å². The molecule has 1 aromatic heterocycles. The molecule has 0 amide bonds. The van der Waals surface area contributed by atoms with Crippen LogP contribution in [0.25, 0.3) is 10.9 Å². The lowest BCUT2D eigenvalue weighted by atomic mass is 10.2. The van der Waals surface area contributed by atoms with Gasteiger partial charge in [-0.1, -0.05) is 29.3 Å². The monoisotopic (exact) mass is 307 g/mol. The van der Waals surface area contributed by atoms with E-state index in [1.165, 1.54) is 12.4 Å². The minimum Gasteiger partial charge on any atom is -0.340 e. The van der Waals surface area contributed by atoms with Crippen molar-refractivity contribution in [1.82, 2.24) is 9.97 Å². The molecule has 0 bridgehead atoms. The van der Waals surface area contributed by atoms with Crippen molar-refractivity contribution in [2.75, 3.05) is 5.32 Å². The number of benzene rings is 2. The standard InChI is InChI=1S/C14H8Cl2FN3/c15-8-4-9(16)6-10(5-8)20-14-11-2-1-3-12(17)13(11)18-7-19-14/h1-7H,(H,18,19,20). The van der Waals surface area contributed by atoms with E-state index in [1.807, 2.05) is 0 Å². The predicted octanol–water partition coefficient (Wildman–Crippen LogP) is 4.82. The van der Waals surface area contributed by atoms with Gasteiger partial charge in [0.15, 0.2) is 0 Å². The first-order valence-electron chi connectivity index (χ1n) is 5.76. The van der Waals surface area contributed by atoms with Gasteiger partial charge >= 0.3 is 0 Å². The highest BCUT2D eigenvalue weighted by molar-refractivity contribution is 6.35. The third-order valence-corrected chi connectivity index (χ3v) is 3.18. The first-order chi connectivity index (χ1) is 9.63. The first kappa shape index (κ1) is 13.1. The van der Waals surface area contributed by atoms with Gasteiger partial charge in [0.05, 0.1) is 0 Å². The number of nitrogens with one attached hydrogen (secondary N) is 1. The van der Waals surface area contributed by atoms with Gasteiger partial charge in [-0.2, -0.15) is 0 Å². The summed E-state index contributed by atoms with van der Waals surface area (Å²) in [6, 6.07) is 9.76. The van der Waals surface area contributed by atoms with Gasteiger partial charge in [-0.25, -0.2) is 14.4 Å². The van der Waals surface area contributed by atoms with E-state index in [0.29, 0.717) is 26.9 Å². The Morgan fingerprint density at radius 3 is 2.50 bits per heavy atom. The maximum atomic E-state index is 13.7. The molecule has 6 heteroatoms. The summed E-state index contributed by atoms with van der Waals surface area (Å²) in [5, 5.41) is 4.66. The van der Waals surface area contributed by atoms with Crippen molar-refractivity contribution in [3.8, 4) is 0 Å². The SMILES string of the molecule is Fc1cccc2c(Nc3cc(Cl)cc(Cl)c3)ncnc12. The quantitative estimate of drug-likeness (QED) is 0.737. The predicted molar refractivity (Wildman–Crippen MR) is 79.2 cm³/mol. The molecule has 0 aliphatic rings. The van der Waals surface area contributed by atoms with Gasteiger partial charge in [0, 0.05) is 21.1 Å². The van der Waals surface area contributed by atoms with Crippen molar-refractivity contribution in [2.24, 2.45) is 0 Å². The molecule has 20 heavy (non-hydrogen) atoms. The molecule has 0 aliphatic carbocycles. The third kappa shape index (κ3) is 2.53. The Balaban J connectivity index is 2.09. The summed E-state index contributed by atoms with van der Waals surface area (Å²) in [6.07, 6.45) is 1.31. The fraction of sp³-hybridized carbons (Fsp3) is 0. The average molecular weight is 308 g/mol. The van der Waals surface area contributed by atoms with E-state index in [9.17, 15) is 4.39 Å². The number of anilines is 2. The van der Waals surface area contributed by atoms with Crippen LogP contribution in [-0.4, -0.2) is 9.97 Å². The van der Waals surface area contributed by atoms with E-state index in [-0.39, 0.29) is 5.52 Å². The number of fused-ring (bicyclic) bond motifs is 1. The highest BCUT2D eigenvalue weighted by Crippen LogP contribution is 2.28. The Morgan fingerprint density at radius 2 is 1.75 bits per heavy atom. The van der Waals surface area contributed by atoms with E-state index in [1.54, 1.807) is 30.3 Å². The van der Waals surface area contributed by atoms with Crippen LogP contribution >= 0.6 is 23.2 Å². The fourth-order valence-corrected chi connectivity index (χ4v) is 2.44. The van der Waals surface area contributed by atoms with Crippen LogP contribution in [-0.2, 0) is 0 Å². The van der Waals surface area contributed by atoms with Crippen LogP contribution in [0, 0.1) is 5.82 Å². The molecular weight excluding hydrogens is 300 g/mol. The maximum absolute atomic E-state index is 13.7. The van der Waals surface area contributed by atoms with E-state index in [4.69, 9.17) is 23.2 Å². The van der Waals surface area contributed by atoms with E-state index in [0.717, 1.165) is 0 Å². The Hall–Kier alpha value is -1.91. The summed E-state index contributed by atoms with van der Waals surface area (Å²) in [4.78, 5) is 8.07. The van der Waals surface area contributed by atoms with Crippen LogP contribution in [0.2, 0.25) is 10.0 Å². The highest BCUT2D eigenvalue weighted by Gasteiger charge is 2.08. The first-order valence-corrected chi connectivity index (χ1v) is 6.51. The van der Waals surface area contributed by atoms with Crippen LogP contribution in [0.3, 0.4) is 0 Å². The molecule has 3 nitrogen and oxygen atoms in total. The summed E-state index contributed by atoms with van der Waals surface area (Å²) in [7, 11) is 0. The van der Waals surface area contributed by atoms with Crippen molar-refractivity contribution in [3.05, 3.63) is 58.6 Å². The van der Waals surface area contributed by atoms with Gasteiger partial charge in [-0.15, -0.1) is 0 Å². The molecule has 0 fully saturated rings. The zero-order chi connectivity index (χ0) is 14.1. The molecule has 0 atom stereocenters. The van der Waals surface area contributed by atoms with Crippen molar-refractivity contribution in [1.29, 1.82) is 0 Å². The molecule has 0 spiro atoms. The summed E-state index contributed by atoms with van der Waals surface area (Å²) < 4.78 is 13.7. The number of hydrogen-bond acceptors (Lipinski definition) is 3. The lowest BCUT2D eigenvalue weighted by molar-refractivity contribution is 0.636. The molecule has 3 rings (SSSR count). The van der Waals surface area contributed by atoms with Gasteiger partial charge in [-0.05, 0) is 30.3 Å². The van der Waals surface area contributed by atoms with Crippen LogP contribution in [0.4, 0.5) is 15.9 Å². The number of halogens is 3. The summed E-state index contributed by atoms with van der Waals surface area (Å²) >= 11 is 11.9. The molecule has 1 heterocycles. The number of para-hydroxylation sites is 1. The smallest absolute Gasteiger partial charge is 0.149 e. The van der Waals surface area contributed by atoms with Crippen LogP contribution in [0.5, 0.6) is 0 Å². The van der Waals surface area contributed by atoms with Crippen molar-refractivity contribution >= 4 is 45.6 Å². The second-order valence-corrected chi connectivity index (χ2v) is 5.01. The Morgan fingerprint density at radius 1 is 1.00 bits per heavy atom. The van der Waals surface area contributed by atoms with Gasteiger partial charge in [0.1, 0.15) is 23.5 Å². The van der Waals surface area contributed by atoms with Crippen molar-refractivity contribution < 1.29 is 4.39 Å². The Kier molecular flexibility index (Phi) is 3.42. The molecule has 3 aromatic rings. The van der Waals surface area contributed by atoms with Crippen LogP contribution < -0.4 is 5.32 Å². The molecular formula is C14H8Cl2FN3. The average Bonchev–Trinajstić information content (AvgIpc) is 2.39. The van der Waals surface area contributed by atoms with Gasteiger partial charge in [0.25, 0.3) is 0 Å². The molecule has 2 aromatic carbocycles. The fourth-order valence-electron chi connectivity index (χ4n) is 1.91. The molecule has 0 unspecified atom stereocenters. The second-order valence-electron chi connectivity index (χ2n) is 4.14. The summed E-state index contributed by atoms with van der Waals surface area (Å²) in [6.45, 7) is 0. The van der Waals surface area contributed by atoms with Crippen LogP contribution in [0.15, 0.2) is 42.7 Å². The lowest BCUT2D eigenvalue weighted by Crippen LogP contribution is -1.97. The largest absolute Gasteiger partial charge is 0.340 e. The maximum Gasteiger partial charge on any atom is 0.149 e. The van der Waals surface area contributed by atoms with E-state index < -0.39 is 5.82 Å². The Bertz CT molecular complexity index is 772. The molecule has 100 valence electrons. The highest BCUT2D eigenvalue weighted by atomic mass is 35.5. The van der Waals surface area contributed by atoms with Crippen molar-refractivity contribution in [3.63, 3.8) is 0 Å². The van der Waals surface area contributed by atoms with Gasteiger partial charge < -0.3 is 5.32 Å². The Labute approximate surface area is 124 Å². The van der Waals surface area contributed by atoms with Gasteiger partial charge in [-0.3, -0.25) is 0 Å². The normalized spacial score (nSPS) is 10.8. The number of nitrogens with zero attached hydrogens (tertiary/aromatic N) is 2. The number of hydrogen-bond donors (Lipinski definition) is 1. The molecule has 1 N–H and O–H groups in total. The third-order valence-electron chi connectivity index (χ3n) is 2.74. The van der Waals surface area contributed by atoms with Crippen molar-refractivity contribution in [2.45, 2.75) is 0 Å². The van der Waals surface area contributed by atoms with Crippen LogP contribution in [0.1, 0.15) is 0 Å². The zero-order valence-corrected chi connectivity index (χ0v) is 11.6.